The summed E-state index contributed by atoms with van der Waals surface area (Å²) in [4.78, 5) is 26.9. The van der Waals surface area contributed by atoms with Crippen molar-refractivity contribution in [3.8, 4) is 0 Å². The fourth-order valence-corrected chi connectivity index (χ4v) is 3.82. The van der Waals surface area contributed by atoms with E-state index in [1.807, 2.05) is 0 Å². The number of nitrogens with one attached hydrogen (secondary N) is 1. The number of rotatable bonds is 4. The van der Waals surface area contributed by atoms with Gasteiger partial charge in [-0.15, -0.1) is 11.8 Å². The van der Waals surface area contributed by atoms with Crippen molar-refractivity contribution in [3.63, 3.8) is 0 Å². The van der Waals surface area contributed by atoms with Crippen molar-refractivity contribution >= 4 is 23.8 Å². The highest BCUT2D eigenvalue weighted by Gasteiger charge is 2.34. The molecule has 2 heterocycles. The molecule has 0 radical (unpaired) electrons. The smallest absolute Gasteiger partial charge is 0.327 e. The molecule has 2 saturated heterocycles. The van der Waals surface area contributed by atoms with Crippen LogP contribution in [0.1, 0.15) is 26.2 Å². The minimum atomic E-state index is -0.922. The zero-order chi connectivity index (χ0) is 14.5. The maximum absolute atomic E-state index is 12.1. The number of piperidine rings is 1. The zero-order valence-electron chi connectivity index (χ0n) is 11.9. The van der Waals surface area contributed by atoms with Gasteiger partial charge in [-0.3, -0.25) is 4.90 Å². The number of likely N-dealkylation sites (tertiary alicyclic amines) is 1. The van der Waals surface area contributed by atoms with Crippen LogP contribution >= 0.6 is 11.8 Å². The number of aliphatic carboxylic acids is 1. The Bertz CT molecular complexity index is 361. The second-order valence-electron chi connectivity index (χ2n) is 5.46. The summed E-state index contributed by atoms with van der Waals surface area (Å²) in [6.07, 6.45) is 3.74. The van der Waals surface area contributed by atoms with Crippen LogP contribution in [0.2, 0.25) is 0 Å². The minimum Gasteiger partial charge on any atom is -0.480 e. The second kappa shape index (κ2) is 7.17. The molecule has 7 heteroatoms. The quantitative estimate of drug-likeness (QED) is 0.811. The Morgan fingerprint density at radius 3 is 2.70 bits per heavy atom. The molecule has 0 spiro atoms. The standard InChI is InChI=1S/C13H23N3O3S/c1-10(15-5-3-2-4-6-15)7-14-13(19)16-9-20-8-11(16)12(17)18/h10-11H,2-9H2,1H3,(H,14,19)(H,17,18)/t10?,11-/m0/s1. The Balaban J connectivity index is 1.78. The maximum atomic E-state index is 12.1. The largest absolute Gasteiger partial charge is 0.480 e. The minimum absolute atomic E-state index is 0.258. The van der Waals surface area contributed by atoms with Crippen LogP contribution in [0.15, 0.2) is 0 Å². The van der Waals surface area contributed by atoms with Gasteiger partial charge in [-0.25, -0.2) is 9.59 Å². The van der Waals surface area contributed by atoms with Crippen molar-refractivity contribution in [3.05, 3.63) is 0 Å². The first kappa shape index (κ1) is 15.4. The molecule has 0 bridgehead atoms. The number of hydrogen-bond acceptors (Lipinski definition) is 4. The molecule has 2 aliphatic heterocycles. The van der Waals surface area contributed by atoms with Crippen LogP contribution in [0, 0.1) is 0 Å². The number of thioether (sulfide) groups is 1. The topological polar surface area (TPSA) is 72.9 Å². The van der Waals surface area contributed by atoms with Gasteiger partial charge in [-0.1, -0.05) is 6.42 Å². The third-order valence-corrected chi connectivity index (χ3v) is 5.00. The van der Waals surface area contributed by atoms with Crippen LogP contribution in [0.25, 0.3) is 0 Å². The molecule has 2 fully saturated rings. The highest BCUT2D eigenvalue weighted by Crippen LogP contribution is 2.21. The lowest BCUT2D eigenvalue weighted by atomic mass is 10.1. The fraction of sp³-hybridized carbons (Fsp3) is 0.846. The van der Waals surface area contributed by atoms with Gasteiger partial charge in [0.2, 0.25) is 0 Å². The van der Waals surface area contributed by atoms with Crippen LogP contribution in [0.4, 0.5) is 4.79 Å². The number of nitrogens with zero attached hydrogens (tertiary/aromatic N) is 2. The Labute approximate surface area is 123 Å². The molecule has 0 aliphatic carbocycles. The van der Waals surface area contributed by atoms with Gasteiger partial charge in [-0.05, 0) is 32.9 Å². The van der Waals surface area contributed by atoms with Crippen LogP contribution in [0.5, 0.6) is 0 Å². The van der Waals surface area contributed by atoms with Crippen molar-refractivity contribution < 1.29 is 14.7 Å². The van der Waals surface area contributed by atoms with Crippen molar-refractivity contribution in [1.82, 2.24) is 15.1 Å². The van der Waals surface area contributed by atoms with Gasteiger partial charge in [-0.2, -0.15) is 0 Å². The van der Waals surface area contributed by atoms with Crippen LogP contribution in [-0.4, -0.2) is 70.3 Å². The second-order valence-corrected chi connectivity index (χ2v) is 6.46. The monoisotopic (exact) mass is 301 g/mol. The number of carbonyl (C=O) groups is 2. The predicted octanol–water partition coefficient (Wildman–Crippen LogP) is 1.03. The van der Waals surface area contributed by atoms with E-state index < -0.39 is 12.0 Å². The van der Waals surface area contributed by atoms with E-state index in [0.717, 1.165) is 13.1 Å². The summed E-state index contributed by atoms with van der Waals surface area (Å²) in [5, 5.41) is 11.9. The first-order valence-corrected chi connectivity index (χ1v) is 8.34. The van der Waals surface area contributed by atoms with Gasteiger partial charge in [0.15, 0.2) is 0 Å². The summed E-state index contributed by atoms with van der Waals surface area (Å²) in [6.45, 7) is 4.87. The van der Waals surface area contributed by atoms with E-state index in [1.54, 1.807) is 0 Å². The molecule has 2 atom stereocenters. The predicted molar refractivity (Wildman–Crippen MR) is 78.9 cm³/mol. The molecule has 1 unspecified atom stereocenters. The van der Waals surface area contributed by atoms with Gasteiger partial charge < -0.3 is 15.3 Å². The van der Waals surface area contributed by atoms with Gasteiger partial charge in [0.25, 0.3) is 0 Å². The molecule has 2 rings (SSSR count). The first-order valence-electron chi connectivity index (χ1n) is 7.18. The molecule has 6 nitrogen and oxygen atoms in total. The van der Waals surface area contributed by atoms with Gasteiger partial charge >= 0.3 is 12.0 Å². The third-order valence-electron chi connectivity index (χ3n) is 3.99. The molecule has 20 heavy (non-hydrogen) atoms. The molecular weight excluding hydrogens is 278 g/mol. The van der Waals surface area contributed by atoms with E-state index >= 15 is 0 Å². The van der Waals surface area contributed by atoms with Gasteiger partial charge in [0, 0.05) is 18.3 Å². The fourth-order valence-electron chi connectivity index (χ4n) is 2.67. The number of carboxylic acids is 1. The summed E-state index contributed by atoms with van der Waals surface area (Å²) >= 11 is 1.48. The number of carbonyl (C=O) groups excluding carboxylic acids is 1. The highest BCUT2D eigenvalue weighted by atomic mass is 32.2. The van der Waals surface area contributed by atoms with Gasteiger partial charge in [0.1, 0.15) is 6.04 Å². The summed E-state index contributed by atoms with van der Waals surface area (Å²) in [7, 11) is 0. The summed E-state index contributed by atoms with van der Waals surface area (Å²) in [5.41, 5.74) is 0. The average Bonchev–Trinajstić information content (AvgIpc) is 2.95. The van der Waals surface area contributed by atoms with E-state index in [2.05, 4.69) is 17.1 Å². The lowest BCUT2D eigenvalue weighted by molar-refractivity contribution is -0.140. The Hall–Kier alpha value is -0.950. The summed E-state index contributed by atoms with van der Waals surface area (Å²) in [6, 6.07) is -0.644. The molecule has 2 amide bonds. The molecular formula is C13H23N3O3S. The maximum Gasteiger partial charge on any atom is 0.327 e. The first-order chi connectivity index (χ1) is 9.59. The van der Waals surface area contributed by atoms with Crippen LogP contribution < -0.4 is 5.32 Å². The Morgan fingerprint density at radius 1 is 1.35 bits per heavy atom. The number of carboxylic acid groups (broad SMARTS) is 1. The average molecular weight is 301 g/mol. The van der Waals surface area contributed by atoms with E-state index in [-0.39, 0.29) is 6.03 Å². The van der Waals surface area contributed by atoms with Gasteiger partial charge in [0.05, 0.1) is 5.88 Å². The SMILES string of the molecule is CC(CNC(=O)N1CSC[C@H]1C(=O)O)N1CCCCC1. The van der Waals surface area contributed by atoms with E-state index in [4.69, 9.17) is 5.11 Å². The Kier molecular flexibility index (Phi) is 5.54. The molecule has 114 valence electrons. The highest BCUT2D eigenvalue weighted by molar-refractivity contribution is 7.99. The molecule has 2 N–H and O–H groups in total. The van der Waals surface area contributed by atoms with E-state index in [1.165, 1.54) is 35.9 Å². The Morgan fingerprint density at radius 2 is 2.05 bits per heavy atom. The number of urea groups is 1. The van der Waals surface area contributed by atoms with Crippen LogP contribution in [0.3, 0.4) is 0 Å². The summed E-state index contributed by atoms with van der Waals surface area (Å²) in [5.74, 6) is 0.0138. The molecule has 0 saturated carbocycles. The summed E-state index contributed by atoms with van der Waals surface area (Å²) < 4.78 is 0. The number of amides is 2. The molecule has 2 aliphatic rings. The van der Waals surface area contributed by atoms with E-state index in [0.29, 0.717) is 24.2 Å². The van der Waals surface area contributed by atoms with Crippen molar-refractivity contribution in [2.24, 2.45) is 0 Å². The van der Waals surface area contributed by atoms with Crippen molar-refractivity contribution in [1.29, 1.82) is 0 Å². The molecule has 0 aromatic heterocycles. The zero-order valence-corrected chi connectivity index (χ0v) is 12.7. The van der Waals surface area contributed by atoms with Crippen molar-refractivity contribution in [2.45, 2.75) is 38.3 Å². The normalized spacial score (nSPS) is 25.4. The molecule has 0 aromatic carbocycles. The number of hydrogen-bond donors (Lipinski definition) is 2. The van der Waals surface area contributed by atoms with E-state index in [9.17, 15) is 9.59 Å². The van der Waals surface area contributed by atoms with Crippen molar-refractivity contribution in [2.75, 3.05) is 31.3 Å². The third kappa shape index (κ3) is 3.79. The van der Waals surface area contributed by atoms with Crippen LogP contribution in [-0.2, 0) is 4.79 Å². The lowest BCUT2D eigenvalue weighted by Crippen LogP contribution is -2.50. The molecule has 0 aromatic rings. The lowest BCUT2D eigenvalue weighted by Gasteiger charge is -2.33.